The molecule has 2 rings (SSSR count). The first kappa shape index (κ1) is 7.53. The predicted octanol–water partition coefficient (Wildman–Crippen LogP) is -0.301. The molecule has 2 aliphatic rings. The molecule has 2 aliphatic heterocycles. The zero-order chi connectivity index (χ0) is 7.68. The van der Waals surface area contributed by atoms with E-state index in [0.717, 1.165) is 26.3 Å². The second kappa shape index (κ2) is 3.09. The van der Waals surface area contributed by atoms with Gasteiger partial charge in [0, 0.05) is 38.3 Å². The fourth-order valence-electron chi connectivity index (χ4n) is 1.83. The molecule has 0 aliphatic carbocycles. The number of aliphatic hydroxyl groups is 1. The zero-order valence-electron chi connectivity index (χ0n) is 6.70. The molecule has 0 radical (unpaired) electrons. The molecule has 0 aromatic carbocycles. The Bertz CT molecular complexity index is 128. The molecule has 0 amide bonds. The van der Waals surface area contributed by atoms with Gasteiger partial charge in [-0.25, -0.2) is 0 Å². The van der Waals surface area contributed by atoms with E-state index in [1.54, 1.807) is 0 Å². The van der Waals surface area contributed by atoms with Crippen molar-refractivity contribution in [1.29, 1.82) is 0 Å². The van der Waals surface area contributed by atoms with Gasteiger partial charge in [-0.3, -0.25) is 4.90 Å². The fourth-order valence-corrected chi connectivity index (χ4v) is 1.83. The van der Waals surface area contributed by atoms with Crippen LogP contribution in [-0.2, 0) is 4.74 Å². The van der Waals surface area contributed by atoms with E-state index < -0.39 is 0 Å². The highest BCUT2D eigenvalue weighted by Gasteiger charge is 2.33. The smallest absolute Gasteiger partial charge is 0.0622 e. The summed E-state index contributed by atoms with van der Waals surface area (Å²) >= 11 is 0. The minimum absolute atomic E-state index is 0.351. The molecule has 1 atom stereocenters. The Labute approximate surface area is 66.9 Å². The highest BCUT2D eigenvalue weighted by molar-refractivity contribution is 4.86. The van der Waals surface area contributed by atoms with Crippen molar-refractivity contribution in [3.05, 3.63) is 0 Å². The lowest BCUT2D eigenvalue weighted by molar-refractivity contribution is 0.0156. The Kier molecular flexibility index (Phi) is 2.11. The summed E-state index contributed by atoms with van der Waals surface area (Å²) in [6, 6.07) is 0.651. The minimum atomic E-state index is 0.351. The van der Waals surface area contributed by atoms with Gasteiger partial charge in [-0.05, 0) is 6.42 Å². The first-order valence-corrected chi connectivity index (χ1v) is 4.33. The molecule has 64 valence electrons. The average Bonchev–Trinajstić information content (AvgIpc) is 2.37. The molecule has 0 aromatic heterocycles. The second-order valence-electron chi connectivity index (χ2n) is 3.52. The fraction of sp³-hybridized carbons (Fsp3) is 1.00. The third kappa shape index (κ3) is 1.41. The van der Waals surface area contributed by atoms with Gasteiger partial charge in [-0.2, -0.15) is 0 Å². The molecule has 0 spiro atoms. The van der Waals surface area contributed by atoms with Crippen molar-refractivity contribution in [2.24, 2.45) is 5.92 Å². The van der Waals surface area contributed by atoms with Crippen LogP contribution < -0.4 is 0 Å². The van der Waals surface area contributed by atoms with Crippen LogP contribution >= 0.6 is 0 Å². The number of hydrogen-bond donors (Lipinski definition) is 1. The molecule has 1 N–H and O–H groups in total. The van der Waals surface area contributed by atoms with Gasteiger partial charge in [0.15, 0.2) is 0 Å². The van der Waals surface area contributed by atoms with Crippen LogP contribution in [0.3, 0.4) is 0 Å². The van der Waals surface area contributed by atoms with Crippen LogP contribution in [0.1, 0.15) is 6.42 Å². The van der Waals surface area contributed by atoms with E-state index in [-0.39, 0.29) is 0 Å². The summed E-state index contributed by atoms with van der Waals surface area (Å²) in [7, 11) is 0. The normalized spacial score (nSPS) is 34.1. The number of hydrogen-bond acceptors (Lipinski definition) is 3. The Morgan fingerprint density at radius 3 is 2.82 bits per heavy atom. The summed E-state index contributed by atoms with van der Waals surface area (Å²) in [6.07, 6.45) is 1.18. The Balaban J connectivity index is 1.73. The summed E-state index contributed by atoms with van der Waals surface area (Å²) in [5, 5.41) is 8.79. The van der Waals surface area contributed by atoms with Crippen molar-refractivity contribution in [2.45, 2.75) is 12.5 Å². The molecule has 3 heteroatoms. The van der Waals surface area contributed by atoms with Crippen LogP contribution in [0.25, 0.3) is 0 Å². The van der Waals surface area contributed by atoms with Gasteiger partial charge in [0.2, 0.25) is 0 Å². The molecule has 2 fully saturated rings. The van der Waals surface area contributed by atoms with Gasteiger partial charge >= 0.3 is 0 Å². The highest BCUT2D eigenvalue weighted by atomic mass is 16.5. The molecular formula is C8H15NO2. The molecule has 2 heterocycles. The van der Waals surface area contributed by atoms with Crippen molar-refractivity contribution < 1.29 is 9.84 Å². The van der Waals surface area contributed by atoms with Gasteiger partial charge in [-0.15, -0.1) is 0 Å². The van der Waals surface area contributed by atoms with Crippen LogP contribution in [0.2, 0.25) is 0 Å². The van der Waals surface area contributed by atoms with Crippen LogP contribution in [-0.4, -0.2) is 49.0 Å². The maximum atomic E-state index is 8.79. The number of likely N-dealkylation sites (tertiary alicyclic amines) is 1. The summed E-state index contributed by atoms with van der Waals surface area (Å²) in [6.45, 7) is 4.32. The Hall–Kier alpha value is -0.120. The topological polar surface area (TPSA) is 32.7 Å². The van der Waals surface area contributed by atoms with E-state index in [1.807, 2.05) is 0 Å². The van der Waals surface area contributed by atoms with E-state index in [2.05, 4.69) is 4.90 Å². The molecule has 0 aromatic rings. The van der Waals surface area contributed by atoms with E-state index >= 15 is 0 Å². The van der Waals surface area contributed by atoms with Crippen LogP contribution in [0.5, 0.6) is 0 Å². The maximum absolute atomic E-state index is 8.79. The predicted molar refractivity (Wildman–Crippen MR) is 41.4 cm³/mol. The molecule has 11 heavy (non-hydrogen) atoms. The number of rotatable bonds is 2. The van der Waals surface area contributed by atoms with E-state index in [1.165, 1.54) is 6.42 Å². The van der Waals surface area contributed by atoms with Crippen molar-refractivity contribution in [3.63, 3.8) is 0 Å². The largest absolute Gasteiger partial charge is 0.396 e. The molecule has 0 bridgehead atoms. The van der Waals surface area contributed by atoms with Gasteiger partial charge < -0.3 is 9.84 Å². The van der Waals surface area contributed by atoms with Gasteiger partial charge in [-0.1, -0.05) is 0 Å². The van der Waals surface area contributed by atoms with Crippen molar-refractivity contribution in [1.82, 2.24) is 4.90 Å². The van der Waals surface area contributed by atoms with Crippen molar-refractivity contribution in [2.75, 3.05) is 32.9 Å². The van der Waals surface area contributed by atoms with E-state index in [0.29, 0.717) is 18.6 Å². The maximum Gasteiger partial charge on any atom is 0.0622 e. The van der Waals surface area contributed by atoms with Crippen LogP contribution in [0, 0.1) is 5.92 Å². The van der Waals surface area contributed by atoms with Gasteiger partial charge in [0.25, 0.3) is 0 Å². The molecule has 3 nitrogen and oxygen atoms in total. The minimum Gasteiger partial charge on any atom is -0.396 e. The zero-order valence-corrected chi connectivity index (χ0v) is 6.70. The molecule has 0 saturated carbocycles. The van der Waals surface area contributed by atoms with E-state index in [9.17, 15) is 0 Å². The van der Waals surface area contributed by atoms with Crippen molar-refractivity contribution in [3.8, 4) is 0 Å². The summed E-state index contributed by atoms with van der Waals surface area (Å²) in [5.74, 6) is 0.538. The first-order valence-electron chi connectivity index (χ1n) is 4.33. The third-order valence-electron chi connectivity index (χ3n) is 2.67. The Morgan fingerprint density at radius 2 is 2.27 bits per heavy atom. The van der Waals surface area contributed by atoms with Crippen LogP contribution in [0.15, 0.2) is 0 Å². The molecular weight excluding hydrogens is 142 g/mol. The second-order valence-corrected chi connectivity index (χ2v) is 3.52. The number of nitrogens with zero attached hydrogens (tertiary/aromatic N) is 1. The highest BCUT2D eigenvalue weighted by Crippen LogP contribution is 2.22. The van der Waals surface area contributed by atoms with Gasteiger partial charge in [0.05, 0.1) is 6.61 Å². The monoisotopic (exact) mass is 157 g/mol. The van der Waals surface area contributed by atoms with Gasteiger partial charge in [0.1, 0.15) is 0 Å². The standard InChI is InChI=1S/C8H15NO2/c10-5-7-3-9(4-7)8-1-2-11-6-8/h7-8,10H,1-6H2. The third-order valence-corrected chi connectivity index (χ3v) is 2.67. The molecule has 2 saturated heterocycles. The first-order chi connectivity index (χ1) is 5.40. The lowest BCUT2D eigenvalue weighted by Gasteiger charge is -2.41. The number of aliphatic hydroxyl groups excluding tert-OH is 1. The van der Waals surface area contributed by atoms with Crippen LogP contribution in [0.4, 0.5) is 0 Å². The number of ether oxygens (including phenoxy) is 1. The van der Waals surface area contributed by atoms with E-state index in [4.69, 9.17) is 9.84 Å². The summed E-state index contributed by atoms with van der Waals surface area (Å²) in [5.41, 5.74) is 0. The average molecular weight is 157 g/mol. The quantitative estimate of drug-likeness (QED) is 0.597. The summed E-state index contributed by atoms with van der Waals surface area (Å²) < 4.78 is 5.28. The lowest BCUT2D eigenvalue weighted by Crippen LogP contribution is -2.53. The SMILES string of the molecule is OCC1CN(C2CCOC2)C1. The van der Waals surface area contributed by atoms with Crippen molar-refractivity contribution >= 4 is 0 Å². The molecule has 1 unspecified atom stereocenters. The Morgan fingerprint density at radius 1 is 1.45 bits per heavy atom. The lowest BCUT2D eigenvalue weighted by atomic mass is 9.98. The summed E-state index contributed by atoms with van der Waals surface area (Å²) in [4.78, 5) is 2.41.